The molecule has 8 heteroatoms. The minimum absolute atomic E-state index is 0. The van der Waals surface area contributed by atoms with Crippen molar-refractivity contribution in [2.45, 2.75) is 58.6 Å². The quantitative estimate of drug-likeness (QED) is 0.137. The number of nitrogens with zero attached hydrogens (tertiary/aromatic N) is 3. The summed E-state index contributed by atoms with van der Waals surface area (Å²) in [7, 11) is 0. The Bertz CT molecular complexity index is 1480. The first-order valence-corrected chi connectivity index (χ1v) is 16.1. The molecule has 1 aliphatic rings. The third-order valence-corrected chi connectivity index (χ3v) is 8.64. The van der Waals surface area contributed by atoms with E-state index in [-0.39, 0.29) is 37.2 Å². The molecule has 5 aromatic rings. The van der Waals surface area contributed by atoms with Gasteiger partial charge in [-0.05, 0) is 112 Å². The van der Waals surface area contributed by atoms with E-state index in [1.165, 1.54) is 74.8 Å². The first kappa shape index (κ1) is 39.4. The van der Waals surface area contributed by atoms with E-state index in [2.05, 4.69) is 64.9 Å². The van der Waals surface area contributed by atoms with Crippen molar-refractivity contribution < 1.29 is 4.74 Å². The van der Waals surface area contributed by atoms with Gasteiger partial charge in [0.1, 0.15) is 18.2 Å². The minimum atomic E-state index is 0. The Morgan fingerprint density at radius 1 is 0.739 bits per heavy atom. The van der Waals surface area contributed by atoms with Gasteiger partial charge in [0.2, 0.25) is 0 Å². The SMILES string of the molecule is Cc1cccc2c1nc(COc1ccc(Cl)cc1)n2CCCC1CCN(CCCc2ccccc2)CC1.Cl.Cl.Cl.c1ccccc1. The lowest BCUT2D eigenvalue weighted by molar-refractivity contribution is 0.175. The molecule has 0 unspecified atom stereocenters. The highest BCUT2D eigenvalue weighted by atomic mass is 35.5. The molecule has 0 amide bonds. The van der Waals surface area contributed by atoms with Gasteiger partial charge in [-0.25, -0.2) is 4.98 Å². The number of hydrogen-bond acceptors (Lipinski definition) is 3. The Kier molecular flexibility index (Phi) is 18.2. The smallest absolute Gasteiger partial charge is 0.148 e. The molecule has 0 aliphatic carbocycles. The predicted octanol–water partition coefficient (Wildman–Crippen LogP) is 10.7. The molecule has 2 heterocycles. The fraction of sp³-hybridized carbons (Fsp3) is 0.342. The highest BCUT2D eigenvalue weighted by Crippen LogP contribution is 2.26. The van der Waals surface area contributed by atoms with Crippen LogP contribution in [0, 0.1) is 12.8 Å². The van der Waals surface area contributed by atoms with Crippen molar-refractivity contribution in [2.24, 2.45) is 5.92 Å². The molecule has 0 saturated carbocycles. The number of imidazole rings is 1. The summed E-state index contributed by atoms with van der Waals surface area (Å²) in [6.45, 7) is 7.28. The summed E-state index contributed by atoms with van der Waals surface area (Å²) in [4.78, 5) is 7.64. The van der Waals surface area contributed by atoms with Crippen LogP contribution in [0.2, 0.25) is 5.02 Å². The molecule has 0 spiro atoms. The van der Waals surface area contributed by atoms with Gasteiger partial charge in [-0.3, -0.25) is 0 Å². The first-order chi connectivity index (χ1) is 21.2. The Morgan fingerprint density at radius 3 is 2.02 bits per heavy atom. The largest absolute Gasteiger partial charge is 0.486 e. The van der Waals surface area contributed by atoms with Crippen LogP contribution in [0.15, 0.2) is 109 Å². The predicted molar refractivity (Wildman–Crippen MR) is 202 cm³/mol. The molecule has 0 bridgehead atoms. The molecule has 1 aromatic heterocycles. The zero-order valence-electron chi connectivity index (χ0n) is 26.6. The molecule has 6 rings (SSSR count). The second-order valence-electron chi connectivity index (χ2n) is 11.5. The molecule has 4 aromatic carbocycles. The molecule has 46 heavy (non-hydrogen) atoms. The fourth-order valence-electron chi connectivity index (χ4n) is 5.95. The monoisotopic (exact) mass is 701 g/mol. The Labute approximate surface area is 298 Å². The second-order valence-corrected chi connectivity index (χ2v) is 12.0. The minimum Gasteiger partial charge on any atom is -0.486 e. The summed E-state index contributed by atoms with van der Waals surface area (Å²) < 4.78 is 8.45. The Balaban J connectivity index is 0.000000737. The van der Waals surface area contributed by atoms with E-state index >= 15 is 0 Å². The number of halogens is 4. The summed E-state index contributed by atoms with van der Waals surface area (Å²) in [5, 5.41) is 0.716. The maximum Gasteiger partial charge on any atom is 0.148 e. The van der Waals surface area contributed by atoms with Gasteiger partial charge in [0, 0.05) is 11.6 Å². The van der Waals surface area contributed by atoms with Crippen molar-refractivity contribution in [1.29, 1.82) is 0 Å². The topological polar surface area (TPSA) is 30.3 Å². The van der Waals surface area contributed by atoms with Gasteiger partial charge in [0.15, 0.2) is 0 Å². The van der Waals surface area contributed by atoms with Crippen LogP contribution in [0.1, 0.15) is 49.1 Å². The van der Waals surface area contributed by atoms with Crippen molar-refractivity contribution in [3.05, 3.63) is 131 Å². The zero-order chi connectivity index (χ0) is 29.7. The Morgan fingerprint density at radius 2 is 1.37 bits per heavy atom. The van der Waals surface area contributed by atoms with Gasteiger partial charge < -0.3 is 14.2 Å². The number of likely N-dealkylation sites (tertiary alicyclic amines) is 1. The van der Waals surface area contributed by atoms with E-state index in [1.54, 1.807) is 0 Å². The Hall–Kier alpha value is -2.73. The summed E-state index contributed by atoms with van der Waals surface area (Å²) in [5.41, 5.74) is 4.96. The molecule has 1 saturated heterocycles. The maximum absolute atomic E-state index is 6.08. The summed E-state index contributed by atoms with van der Waals surface area (Å²) in [5.74, 6) is 2.64. The van der Waals surface area contributed by atoms with Crippen LogP contribution >= 0.6 is 48.8 Å². The fourth-order valence-corrected chi connectivity index (χ4v) is 6.07. The molecule has 0 N–H and O–H groups in total. The second kappa shape index (κ2) is 21.2. The van der Waals surface area contributed by atoms with Crippen LogP contribution in [0.5, 0.6) is 5.75 Å². The number of aryl methyl sites for hydroxylation is 3. The van der Waals surface area contributed by atoms with E-state index in [1.807, 2.05) is 60.7 Å². The normalized spacial score (nSPS) is 13.0. The average Bonchev–Trinajstić information content (AvgIpc) is 3.42. The van der Waals surface area contributed by atoms with Crippen molar-refractivity contribution in [3.8, 4) is 5.75 Å². The lowest BCUT2D eigenvalue weighted by Gasteiger charge is -2.32. The number of benzene rings is 4. The highest BCUT2D eigenvalue weighted by molar-refractivity contribution is 6.30. The number of para-hydroxylation sites is 1. The van der Waals surface area contributed by atoms with Gasteiger partial charge in [-0.15, -0.1) is 37.2 Å². The van der Waals surface area contributed by atoms with E-state index < -0.39 is 0 Å². The van der Waals surface area contributed by atoms with Crippen LogP contribution in [0.3, 0.4) is 0 Å². The highest BCUT2D eigenvalue weighted by Gasteiger charge is 2.19. The van der Waals surface area contributed by atoms with Gasteiger partial charge in [-0.1, -0.05) is 90.5 Å². The average molecular weight is 704 g/mol. The number of fused-ring (bicyclic) bond motifs is 1. The van der Waals surface area contributed by atoms with E-state index in [4.69, 9.17) is 21.3 Å². The van der Waals surface area contributed by atoms with Gasteiger partial charge in [0.25, 0.3) is 0 Å². The van der Waals surface area contributed by atoms with Crippen LogP contribution < -0.4 is 4.74 Å². The van der Waals surface area contributed by atoms with Crippen LogP contribution in [-0.2, 0) is 19.6 Å². The lowest BCUT2D eigenvalue weighted by Crippen LogP contribution is -2.34. The van der Waals surface area contributed by atoms with E-state index in [0.717, 1.165) is 29.6 Å². The van der Waals surface area contributed by atoms with E-state index in [9.17, 15) is 0 Å². The third-order valence-electron chi connectivity index (χ3n) is 8.39. The molecule has 4 nitrogen and oxygen atoms in total. The number of ether oxygens (including phenoxy) is 1. The molecule has 0 radical (unpaired) electrons. The van der Waals surface area contributed by atoms with Crippen molar-refractivity contribution >= 4 is 59.9 Å². The summed E-state index contributed by atoms with van der Waals surface area (Å²) >= 11 is 6.02. The van der Waals surface area contributed by atoms with E-state index in [0.29, 0.717) is 11.6 Å². The maximum atomic E-state index is 6.08. The van der Waals surface area contributed by atoms with Crippen molar-refractivity contribution in [3.63, 3.8) is 0 Å². The molecular formula is C38H47Cl4N3O. The summed E-state index contributed by atoms with van der Waals surface area (Å²) in [6.07, 6.45) is 7.53. The van der Waals surface area contributed by atoms with Crippen LogP contribution in [0.25, 0.3) is 11.0 Å². The number of hydrogen-bond donors (Lipinski definition) is 0. The molecular weight excluding hydrogens is 656 g/mol. The number of aromatic nitrogens is 2. The summed E-state index contributed by atoms with van der Waals surface area (Å²) in [6, 6.07) is 36.9. The molecule has 248 valence electrons. The third kappa shape index (κ3) is 12.1. The van der Waals surface area contributed by atoms with Crippen LogP contribution in [0.4, 0.5) is 0 Å². The van der Waals surface area contributed by atoms with Crippen molar-refractivity contribution in [2.75, 3.05) is 19.6 Å². The number of rotatable bonds is 11. The van der Waals surface area contributed by atoms with Gasteiger partial charge in [-0.2, -0.15) is 0 Å². The first-order valence-electron chi connectivity index (χ1n) is 15.7. The molecule has 1 aliphatic heterocycles. The molecule has 1 fully saturated rings. The van der Waals surface area contributed by atoms with Gasteiger partial charge >= 0.3 is 0 Å². The molecule has 0 atom stereocenters. The van der Waals surface area contributed by atoms with Crippen molar-refractivity contribution in [1.82, 2.24) is 14.5 Å². The lowest BCUT2D eigenvalue weighted by atomic mass is 9.92. The standard InChI is InChI=1S/C32H38ClN3O.C6H6.3ClH/c1-25-8-5-13-30-32(25)34-31(24-37-29-16-14-28(33)15-17-29)36(30)21-7-12-27-18-22-35(23-19-27)20-6-11-26-9-3-2-4-10-26;1-2-4-6-5-3-1;;;/h2-5,8-10,13-17,27H,6-7,11-12,18-24H2,1H3;1-6H;3*1H. The number of piperidine rings is 1. The van der Waals surface area contributed by atoms with Gasteiger partial charge in [0.05, 0.1) is 11.0 Å². The van der Waals surface area contributed by atoms with Crippen LogP contribution in [-0.4, -0.2) is 34.1 Å². The zero-order valence-corrected chi connectivity index (χ0v) is 29.8.